The quantitative estimate of drug-likeness (QED) is 0.758. The SMILES string of the molecule is COc1ccc(Br)cc1CN(C)S(=O)(=O)c1cc(C)sc1C. The molecule has 22 heavy (non-hydrogen) atoms. The summed E-state index contributed by atoms with van der Waals surface area (Å²) in [5.41, 5.74) is 0.813. The molecule has 0 saturated carbocycles. The maximum Gasteiger partial charge on any atom is 0.244 e. The van der Waals surface area contributed by atoms with Gasteiger partial charge in [-0.25, -0.2) is 8.42 Å². The summed E-state index contributed by atoms with van der Waals surface area (Å²) in [5.74, 6) is 0.670. The minimum absolute atomic E-state index is 0.249. The molecule has 1 heterocycles. The van der Waals surface area contributed by atoms with Crippen molar-refractivity contribution in [1.82, 2.24) is 4.31 Å². The molecule has 0 unspecified atom stereocenters. The number of halogens is 1. The number of methoxy groups -OCH3 is 1. The van der Waals surface area contributed by atoms with E-state index < -0.39 is 10.0 Å². The number of benzene rings is 1. The van der Waals surface area contributed by atoms with Gasteiger partial charge in [0.1, 0.15) is 5.75 Å². The lowest BCUT2D eigenvalue weighted by atomic mass is 10.2. The van der Waals surface area contributed by atoms with E-state index in [0.717, 1.165) is 19.8 Å². The minimum atomic E-state index is -3.51. The summed E-state index contributed by atoms with van der Waals surface area (Å²) in [4.78, 5) is 2.18. The molecule has 0 aliphatic rings. The lowest BCUT2D eigenvalue weighted by Gasteiger charge is -2.19. The summed E-state index contributed by atoms with van der Waals surface area (Å²) in [6, 6.07) is 7.28. The first-order valence-corrected chi connectivity index (χ1v) is 9.66. The maximum atomic E-state index is 12.7. The van der Waals surface area contributed by atoms with Gasteiger partial charge >= 0.3 is 0 Å². The first-order chi connectivity index (χ1) is 10.3. The highest BCUT2D eigenvalue weighted by Crippen LogP contribution is 2.30. The zero-order valence-corrected chi connectivity index (χ0v) is 16.1. The zero-order chi connectivity index (χ0) is 16.5. The number of sulfonamides is 1. The Morgan fingerprint density at radius 1 is 1.27 bits per heavy atom. The van der Waals surface area contributed by atoms with Crippen molar-refractivity contribution in [3.05, 3.63) is 44.1 Å². The van der Waals surface area contributed by atoms with Crippen molar-refractivity contribution in [2.45, 2.75) is 25.3 Å². The Morgan fingerprint density at radius 2 is 1.95 bits per heavy atom. The van der Waals surface area contributed by atoms with Gasteiger partial charge in [0.15, 0.2) is 0 Å². The Hall–Kier alpha value is -0.890. The molecule has 2 rings (SSSR count). The Balaban J connectivity index is 2.34. The van der Waals surface area contributed by atoms with Crippen LogP contribution in [0, 0.1) is 13.8 Å². The molecule has 4 nitrogen and oxygen atoms in total. The first kappa shape index (κ1) is 17.5. The van der Waals surface area contributed by atoms with Crippen LogP contribution in [0.3, 0.4) is 0 Å². The molecule has 1 aromatic carbocycles. The van der Waals surface area contributed by atoms with Crippen molar-refractivity contribution in [3.8, 4) is 5.75 Å². The molecule has 120 valence electrons. The van der Waals surface area contributed by atoms with Gasteiger partial charge in [-0.2, -0.15) is 4.31 Å². The van der Waals surface area contributed by atoms with Gasteiger partial charge in [0.25, 0.3) is 0 Å². The summed E-state index contributed by atoms with van der Waals surface area (Å²) in [7, 11) is -0.350. The maximum absolute atomic E-state index is 12.7. The molecule has 2 aromatic rings. The molecule has 0 saturated heterocycles. The Labute approximate surface area is 143 Å². The van der Waals surface area contributed by atoms with E-state index in [1.54, 1.807) is 20.2 Å². The van der Waals surface area contributed by atoms with Gasteiger partial charge < -0.3 is 4.74 Å². The van der Waals surface area contributed by atoms with Crippen LogP contribution in [-0.2, 0) is 16.6 Å². The number of nitrogens with zero attached hydrogens (tertiary/aromatic N) is 1. The molecule has 0 spiro atoms. The summed E-state index contributed by atoms with van der Waals surface area (Å²) in [6.45, 7) is 3.99. The third-order valence-electron chi connectivity index (χ3n) is 3.32. The molecular weight excluding hydrogens is 386 g/mol. The topological polar surface area (TPSA) is 46.6 Å². The van der Waals surface area contributed by atoms with Crippen molar-refractivity contribution in [2.75, 3.05) is 14.2 Å². The summed E-state index contributed by atoms with van der Waals surface area (Å²) >= 11 is 4.90. The molecule has 1 aromatic heterocycles. The fourth-order valence-corrected chi connectivity index (χ4v) is 5.30. The highest BCUT2D eigenvalue weighted by molar-refractivity contribution is 9.10. The van der Waals surface area contributed by atoms with Gasteiger partial charge in [0, 0.05) is 33.4 Å². The summed E-state index contributed by atoms with van der Waals surface area (Å²) < 4.78 is 33.0. The predicted molar refractivity (Wildman–Crippen MR) is 93.1 cm³/mol. The van der Waals surface area contributed by atoms with Crippen molar-refractivity contribution in [3.63, 3.8) is 0 Å². The Bertz CT molecular complexity index is 784. The van der Waals surface area contributed by atoms with Crippen LogP contribution in [0.2, 0.25) is 0 Å². The molecule has 7 heteroatoms. The van der Waals surface area contributed by atoms with Crippen molar-refractivity contribution < 1.29 is 13.2 Å². The van der Waals surface area contributed by atoms with E-state index in [2.05, 4.69) is 15.9 Å². The molecule has 0 atom stereocenters. The standard InChI is InChI=1S/C15H18BrNO3S2/c1-10-7-15(11(2)21-10)22(18,19)17(3)9-12-8-13(16)5-6-14(12)20-4/h5-8H,9H2,1-4H3. The van der Waals surface area contributed by atoms with Crippen LogP contribution >= 0.6 is 27.3 Å². The lowest BCUT2D eigenvalue weighted by molar-refractivity contribution is 0.398. The van der Waals surface area contributed by atoms with E-state index >= 15 is 0 Å². The molecule has 0 aliphatic carbocycles. The van der Waals surface area contributed by atoms with E-state index in [9.17, 15) is 8.42 Å². The molecular formula is C15H18BrNO3S2. The first-order valence-electron chi connectivity index (χ1n) is 6.61. The fourth-order valence-electron chi connectivity index (χ4n) is 2.23. The van der Waals surface area contributed by atoms with E-state index in [4.69, 9.17) is 4.74 Å². The van der Waals surface area contributed by atoms with Crippen molar-refractivity contribution in [2.24, 2.45) is 0 Å². The van der Waals surface area contributed by atoms with Gasteiger partial charge in [-0.15, -0.1) is 11.3 Å². The molecule has 0 N–H and O–H groups in total. The van der Waals surface area contributed by atoms with Gasteiger partial charge in [-0.05, 0) is 38.1 Å². The van der Waals surface area contributed by atoms with Gasteiger partial charge in [-0.1, -0.05) is 15.9 Å². The minimum Gasteiger partial charge on any atom is -0.496 e. The summed E-state index contributed by atoms with van der Waals surface area (Å²) in [6.07, 6.45) is 0. The van der Waals surface area contributed by atoms with Crippen LogP contribution in [0.1, 0.15) is 15.3 Å². The average Bonchev–Trinajstić information content (AvgIpc) is 2.78. The third kappa shape index (κ3) is 3.53. The van der Waals surface area contributed by atoms with E-state index in [0.29, 0.717) is 10.6 Å². The van der Waals surface area contributed by atoms with Gasteiger partial charge in [0.2, 0.25) is 10.0 Å². The third-order valence-corrected chi connectivity index (χ3v) is 6.84. The van der Waals surface area contributed by atoms with Crippen LogP contribution < -0.4 is 4.74 Å². The average molecular weight is 404 g/mol. The normalized spacial score (nSPS) is 11.9. The summed E-state index contributed by atoms with van der Waals surface area (Å²) in [5, 5.41) is 0. The van der Waals surface area contributed by atoms with Crippen molar-refractivity contribution >= 4 is 37.3 Å². The molecule has 0 bridgehead atoms. The van der Waals surface area contributed by atoms with Crippen LogP contribution in [0.15, 0.2) is 33.6 Å². The second-order valence-corrected chi connectivity index (χ2v) is 9.38. The van der Waals surface area contributed by atoms with Crippen LogP contribution in [0.4, 0.5) is 0 Å². The molecule has 0 fully saturated rings. The highest BCUT2D eigenvalue weighted by Gasteiger charge is 2.25. The number of thiophene rings is 1. The van der Waals surface area contributed by atoms with Crippen LogP contribution in [0.5, 0.6) is 5.75 Å². The number of hydrogen-bond acceptors (Lipinski definition) is 4. The Kier molecular flexibility index (Phi) is 5.32. The number of rotatable bonds is 5. The van der Waals surface area contributed by atoms with E-state index in [-0.39, 0.29) is 6.54 Å². The van der Waals surface area contributed by atoms with E-state index in [1.165, 1.54) is 15.6 Å². The zero-order valence-electron chi connectivity index (χ0n) is 12.9. The second kappa shape index (κ2) is 6.70. The lowest BCUT2D eigenvalue weighted by Crippen LogP contribution is -2.26. The largest absolute Gasteiger partial charge is 0.496 e. The smallest absolute Gasteiger partial charge is 0.244 e. The number of ether oxygens (including phenoxy) is 1. The van der Waals surface area contributed by atoms with Gasteiger partial charge in [0.05, 0.1) is 12.0 Å². The molecule has 0 amide bonds. The second-order valence-electron chi connectivity index (χ2n) is 4.99. The highest BCUT2D eigenvalue weighted by atomic mass is 79.9. The van der Waals surface area contributed by atoms with E-state index in [1.807, 2.05) is 32.0 Å². The van der Waals surface area contributed by atoms with Gasteiger partial charge in [-0.3, -0.25) is 0 Å². The van der Waals surface area contributed by atoms with Crippen molar-refractivity contribution in [1.29, 1.82) is 0 Å². The van der Waals surface area contributed by atoms with Crippen LogP contribution in [-0.4, -0.2) is 26.9 Å². The number of hydrogen-bond donors (Lipinski definition) is 0. The molecule has 0 radical (unpaired) electrons. The fraction of sp³-hybridized carbons (Fsp3) is 0.333. The monoisotopic (exact) mass is 403 g/mol. The Morgan fingerprint density at radius 3 is 2.50 bits per heavy atom. The number of aryl methyl sites for hydroxylation is 2. The molecule has 0 aliphatic heterocycles. The predicted octanol–water partition coefficient (Wildman–Crippen LogP) is 3.96. The van der Waals surface area contributed by atoms with Crippen LogP contribution in [0.25, 0.3) is 0 Å².